The lowest BCUT2D eigenvalue weighted by Crippen LogP contribution is -2.43. The van der Waals surface area contributed by atoms with Crippen LogP contribution in [0.3, 0.4) is 0 Å². The molecule has 5 nitrogen and oxygen atoms in total. The molecule has 28 heavy (non-hydrogen) atoms. The fourth-order valence-electron chi connectivity index (χ4n) is 4.36. The minimum atomic E-state index is -0.0357. The molecule has 4 rings (SSSR count). The molecule has 2 atom stereocenters. The Kier molecular flexibility index (Phi) is 5.60. The van der Waals surface area contributed by atoms with Crippen LogP contribution >= 0.6 is 39.3 Å². The summed E-state index contributed by atoms with van der Waals surface area (Å²) in [5.74, 6) is 1.29. The normalized spacial score (nSPS) is 26.5. The van der Waals surface area contributed by atoms with Crippen molar-refractivity contribution in [2.24, 2.45) is 0 Å². The first-order valence-corrected chi connectivity index (χ1v) is 11.6. The second-order valence-electron chi connectivity index (χ2n) is 7.38. The molecular formula is C20H24BrClN4OS. The highest BCUT2D eigenvalue weighted by atomic mass is 79.9. The molecule has 1 spiro atoms. The van der Waals surface area contributed by atoms with Gasteiger partial charge in [0.15, 0.2) is 5.50 Å². The number of benzene rings is 1. The van der Waals surface area contributed by atoms with Crippen LogP contribution in [0.2, 0.25) is 0 Å². The molecule has 0 bridgehead atoms. The molecule has 150 valence electrons. The molecule has 3 aliphatic rings. The van der Waals surface area contributed by atoms with Crippen molar-refractivity contribution in [1.82, 2.24) is 15.5 Å². The zero-order valence-electron chi connectivity index (χ0n) is 16.0. The molecule has 1 aromatic carbocycles. The highest BCUT2D eigenvalue weighted by molar-refractivity contribution is 9.10. The molecule has 3 aliphatic heterocycles. The minimum Gasteiger partial charge on any atom is -0.361 e. The minimum absolute atomic E-state index is 0.0101. The van der Waals surface area contributed by atoms with E-state index in [0.29, 0.717) is 6.42 Å². The van der Waals surface area contributed by atoms with Crippen molar-refractivity contribution in [2.45, 2.75) is 37.6 Å². The fraction of sp³-hybridized carbons (Fsp3) is 0.450. The number of allylic oxidation sites excluding steroid dienone is 1. The maximum atomic E-state index is 12.3. The molecule has 8 heteroatoms. The molecule has 0 radical (unpaired) electrons. The van der Waals surface area contributed by atoms with Crippen LogP contribution in [0.4, 0.5) is 5.69 Å². The molecule has 3 heterocycles. The van der Waals surface area contributed by atoms with Crippen molar-refractivity contribution in [3.8, 4) is 0 Å². The van der Waals surface area contributed by atoms with Crippen molar-refractivity contribution < 1.29 is 4.79 Å². The Hall–Kier alpha value is -1.31. The standard InChI is InChI=1S/C20H24BrClN4OS/c1-3-17(24-19-23-10-16(22)28-19)26-12-20(7-8-25(11-20)18(27)4-2)14-9-13(21)5-6-15(14)26/h3,5-6,9-10,19,23-24H,4,7-8,11-12H2,1-2H3. The number of carbonyl (C=O) groups is 1. The third-order valence-electron chi connectivity index (χ3n) is 5.71. The third-order valence-corrected chi connectivity index (χ3v) is 7.41. The van der Waals surface area contributed by atoms with Gasteiger partial charge in [0.05, 0.1) is 4.36 Å². The van der Waals surface area contributed by atoms with Crippen LogP contribution < -0.4 is 15.5 Å². The van der Waals surface area contributed by atoms with Crippen LogP contribution in [0.25, 0.3) is 0 Å². The quantitative estimate of drug-likeness (QED) is 0.670. The zero-order chi connectivity index (χ0) is 19.9. The molecule has 1 amide bonds. The number of nitrogens with zero attached hydrogens (tertiary/aromatic N) is 2. The summed E-state index contributed by atoms with van der Waals surface area (Å²) in [5, 5.41) is 6.80. The molecule has 2 N–H and O–H groups in total. The molecular weight excluding hydrogens is 460 g/mol. The van der Waals surface area contributed by atoms with Crippen molar-refractivity contribution in [3.05, 3.63) is 50.7 Å². The van der Waals surface area contributed by atoms with Gasteiger partial charge in [-0.15, -0.1) is 0 Å². The molecule has 0 saturated carbocycles. The number of nitrogens with one attached hydrogen (secondary N) is 2. The predicted octanol–water partition coefficient (Wildman–Crippen LogP) is 4.26. The highest BCUT2D eigenvalue weighted by Gasteiger charge is 2.49. The molecule has 2 unspecified atom stereocenters. The number of hydrogen-bond donors (Lipinski definition) is 2. The van der Waals surface area contributed by atoms with Gasteiger partial charge in [-0.2, -0.15) is 0 Å². The van der Waals surface area contributed by atoms with E-state index in [-0.39, 0.29) is 16.8 Å². The van der Waals surface area contributed by atoms with E-state index in [1.165, 1.54) is 11.3 Å². The number of thioether (sulfide) groups is 1. The number of fused-ring (bicyclic) bond motifs is 2. The van der Waals surface area contributed by atoms with E-state index < -0.39 is 0 Å². The summed E-state index contributed by atoms with van der Waals surface area (Å²) in [7, 11) is 0. The van der Waals surface area contributed by atoms with Crippen molar-refractivity contribution in [2.75, 3.05) is 24.5 Å². The van der Waals surface area contributed by atoms with Gasteiger partial charge >= 0.3 is 0 Å². The van der Waals surface area contributed by atoms with Gasteiger partial charge < -0.3 is 20.4 Å². The highest BCUT2D eigenvalue weighted by Crippen LogP contribution is 2.48. The van der Waals surface area contributed by atoms with Crippen LogP contribution in [0.5, 0.6) is 0 Å². The largest absolute Gasteiger partial charge is 0.361 e. The first-order chi connectivity index (χ1) is 13.5. The lowest BCUT2D eigenvalue weighted by molar-refractivity contribution is -0.129. The number of rotatable bonds is 4. The summed E-state index contributed by atoms with van der Waals surface area (Å²) in [5.41, 5.74) is 2.50. The zero-order valence-corrected chi connectivity index (χ0v) is 19.1. The first-order valence-electron chi connectivity index (χ1n) is 9.52. The van der Waals surface area contributed by atoms with Gasteiger partial charge in [0, 0.05) is 47.8 Å². The summed E-state index contributed by atoms with van der Waals surface area (Å²) < 4.78 is 1.83. The van der Waals surface area contributed by atoms with E-state index in [2.05, 4.69) is 55.7 Å². The van der Waals surface area contributed by atoms with Crippen LogP contribution in [0.1, 0.15) is 32.3 Å². The summed E-state index contributed by atoms with van der Waals surface area (Å²) in [6.45, 7) is 6.44. The summed E-state index contributed by atoms with van der Waals surface area (Å²) >= 11 is 11.3. The number of carbonyl (C=O) groups excluding carboxylic acids is 1. The third kappa shape index (κ3) is 3.53. The van der Waals surface area contributed by atoms with E-state index in [1.54, 1.807) is 11.8 Å². The Bertz CT molecular complexity index is 861. The summed E-state index contributed by atoms with van der Waals surface area (Å²) in [6, 6.07) is 6.48. The summed E-state index contributed by atoms with van der Waals surface area (Å²) in [6.07, 6.45) is 5.47. The van der Waals surface area contributed by atoms with Gasteiger partial charge in [-0.1, -0.05) is 46.2 Å². The number of amides is 1. The van der Waals surface area contributed by atoms with Gasteiger partial charge in [-0.25, -0.2) is 0 Å². The SMILES string of the molecule is CC=C(NC1NC=C(Cl)S1)N1CC2(CCN(C(=O)CC)C2)c2cc(Br)ccc21. The average molecular weight is 484 g/mol. The van der Waals surface area contributed by atoms with Crippen LogP contribution in [0.15, 0.2) is 45.1 Å². The molecule has 1 saturated heterocycles. The van der Waals surface area contributed by atoms with Crippen LogP contribution in [0, 0.1) is 0 Å². The Morgan fingerprint density at radius 2 is 2.32 bits per heavy atom. The average Bonchev–Trinajstić information content (AvgIpc) is 3.38. The van der Waals surface area contributed by atoms with Crippen LogP contribution in [-0.4, -0.2) is 35.9 Å². The van der Waals surface area contributed by atoms with E-state index in [1.807, 2.05) is 24.9 Å². The Morgan fingerprint density at radius 3 is 3.00 bits per heavy atom. The predicted molar refractivity (Wildman–Crippen MR) is 120 cm³/mol. The van der Waals surface area contributed by atoms with Crippen LogP contribution in [-0.2, 0) is 10.2 Å². The number of hydrogen-bond acceptors (Lipinski definition) is 5. The molecule has 0 aromatic heterocycles. The van der Waals surface area contributed by atoms with Gasteiger partial charge in [0.2, 0.25) is 5.91 Å². The lowest BCUT2D eigenvalue weighted by atomic mass is 9.81. The smallest absolute Gasteiger partial charge is 0.222 e. The Morgan fingerprint density at radius 1 is 1.50 bits per heavy atom. The number of likely N-dealkylation sites (tertiary alicyclic amines) is 1. The monoisotopic (exact) mass is 482 g/mol. The maximum absolute atomic E-state index is 12.3. The van der Waals surface area contributed by atoms with Gasteiger partial charge in [0.1, 0.15) is 5.82 Å². The summed E-state index contributed by atoms with van der Waals surface area (Å²) in [4.78, 5) is 16.7. The molecule has 0 aliphatic carbocycles. The number of halogens is 2. The molecule has 1 aromatic rings. The van der Waals surface area contributed by atoms with E-state index in [9.17, 15) is 4.79 Å². The fourth-order valence-corrected chi connectivity index (χ4v) is 5.73. The van der Waals surface area contributed by atoms with Crippen molar-refractivity contribution >= 4 is 50.9 Å². The van der Waals surface area contributed by atoms with E-state index in [4.69, 9.17) is 11.6 Å². The lowest BCUT2D eigenvalue weighted by Gasteiger charge is -2.29. The second-order valence-corrected chi connectivity index (χ2v) is 10.1. The second kappa shape index (κ2) is 7.84. The van der Waals surface area contributed by atoms with Crippen molar-refractivity contribution in [1.29, 1.82) is 0 Å². The van der Waals surface area contributed by atoms with Gasteiger partial charge in [-0.05, 0) is 43.2 Å². The molecule has 1 fully saturated rings. The van der Waals surface area contributed by atoms with Crippen molar-refractivity contribution in [3.63, 3.8) is 0 Å². The Balaban J connectivity index is 1.63. The van der Waals surface area contributed by atoms with E-state index >= 15 is 0 Å². The Labute approximate surface area is 183 Å². The maximum Gasteiger partial charge on any atom is 0.222 e. The van der Waals surface area contributed by atoms with Gasteiger partial charge in [0.25, 0.3) is 0 Å². The van der Waals surface area contributed by atoms with E-state index in [0.717, 1.165) is 40.7 Å². The van der Waals surface area contributed by atoms with Gasteiger partial charge in [-0.3, -0.25) is 4.79 Å². The first kappa shape index (κ1) is 20.0. The number of anilines is 1. The topological polar surface area (TPSA) is 47.6 Å².